The van der Waals surface area contributed by atoms with Gasteiger partial charge in [0.15, 0.2) is 11.9 Å². The quantitative estimate of drug-likeness (QED) is 0.241. The Morgan fingerprint density at radius 2 is 1.71 bits per heavy atom. The number of hydrogen-bond acceptors (Lipinski definition) is 7. The van der Waals surface area contributed by atoms with E-state index in [1.165, 1.54) is 11.6 Å². The number of anilines is 1. The van der Waals surface area contributed by atoms with Crippen LogP contribution in [0.25, 0.3) is 17.1 Å². The molecule has 3 aromatic carbocycles. The van der Waals surface area contributed by atoms with Crippen LogP contribution in [0.3, 0.4) is 0 Å². The molecule has 1 heterocycles. The summed E-state index contributed by atoms with van der Waals surface area (Å²) in [5.74, 6) is -2.61. The molecule has 0 saturated heterocycles. The van der Waals surface area contributed by atoms with Crippen molar-refractivity contribution in [1.29, 1.82) is 0 Å². The molecule has 1 aromatic heterocycles. The van der Waals surface area contributed by atoms with Crippen LogP contribution in [0.15, 0.2) is 78.9 Å². The molecule has 0 saturated carbocycles. The molecule has 10 nitrogen and oxygen atoms in total. The Morgan fingerprint density at radius 3 is 2.37 bits per heavy atom. The van der Waals surface area contributed by atoms with Gasteiger partial charge in [-0.15, -0.1) is 5.10 Å². The summed E-state index contributed by atoms with van der Waals surface area (Å²) >= 11 is 0. The van der Waals surface area contributed by atoms with Crippen molar-refractivity contribution in [2.75, 3.05) is 5.32 Å². The van der Waals surface area contributed by atoms with Crippen molar-refractivity contribution < 1.29 is 23.6 Å². The number of esters is 1. The van der Waals surface area contributed by atoms with Crippen LogP contribution in [0.4, 0.5) is 15.8 Å². The maximum absolute atomic E-state index is 13.5. The van der Waals surface area contributed by atoms with Gasteiger partial charge in [0, 0.05) is 17.3 Å². The minimum Gasteiger partial charge on any atom is -0.447 e. The molecule has 0 fully saturated rings. The topological polar surface area (TPSA) is 129 Å². The largest absolute Gasteiger partial charge is 0.447 e. The molecule has 176 valence electrons. The zero-order valence-electron chi connectivity index (χ0n) is 18.3. The highest BCUT2D eigenvalue weighted by Crippen LogP contribution is 2.23. The first-order valence-corrected chi connectivity index (χ1v) is 10.4. The molecule has 1 atom stereocenters. The number of aromatic nitrogens is 3. The summed E-state index contributed by atoms with van der Waals surface area (Å²) in [7, 11) is 0. The average Bonchev–Trinajstić information content (AvgIpc) is 3.32. The van der Waals surface area contributed by atoms with E-state index in [-0.39, 0.29) is 11.5 Å². The van der Waals surface area contributed by atoms with Crippen LogP contribution in [0, 0.1) is 15.9 Å². The molecule has 4 aromatic rings. The van der Waals surface area contributed by atoms with Crippen LogP contribution in [0.1, 0.15) is 17.5 Å². The van der Waals surface area contributed by atoms with E-state index >= 15 is 0 Å². The number of nitrogens with one attached hydrogen (secondary N) is 1. The van der Waals surface area contributed by atoms with Gasteiger partial charge >= 0.3 is 11.7 Å². The molecule has 0 bridgehead atoms. The fourth-order valence-electron chi connectivity index (χ4n) is 3.16. The second kappa shape index (κ2) is 9.91. The van der Waals surface area contributed by atoms with Gasteiger partial charge in [-0.1, -0.05) is 48.5 Å². The zero-order chi connectivity index (χ0) is 24.9. The summed E-state index contributed by atoms with van der Waals surface area (Å²) in [6, 6.07) is 21.1. The van der Waals surface area contributed by atoms with E-state index in [0.717, 1.165) is 18.2 Å². The fourth-order valence-corrected chi connectivity index (χ4v) is 3.16. The number of benzene rings is 3. The number of nitrogens with zero attached hydrogens (tertiary/aromatic N) is 4. The average molecular weight is 475 g/mol. The van der Waals surface area contributed by atoms with Crippen LogP contribution in [-0.4, -0.2) is 37.7 Å². The monoisotopic (exact) mass is 475 g/mol. The standard InChI is InChI=1S/C24H18FN5O5/c1-15(23(31)26-17-12-13-19(25)20(14-17)30(33)34)35-24(32)21-27-22(16-8-4-2-5-9-16)29(28-21)18-10-6-3-7-11-18/h2-15H,1H3,(H,26,31). The van der Waals surface area contributed by atoms with Crippen molar-refractivity contribution >= 4 is 23.3 Å². The molecule has 1 amide bonds. The third-order valence-electron chi connectivity index (χ3n) is 4.89. The predicted molar refractivity (Wildman–Crippen MR) is 123 cm³/mol. The third-order valence-corrected chi connectivity index (χ3v) is 4.89. The van der Waals surface area contributed by atoms with Crippen LogP contribution in [-0.2, 0) is 9.53 Å². The van der Waals surface area contributed by atoms with Crippen LogP contribution in [0.2, 0.25) is 0 Å². The molecule has 0 radical (unpaired) electrons. The summed E-state index contributed by atoms with van der Waals surface area (Å²) in [5, 5.41) is 17.5. The summed E-state index contributed by atoms with van der Waals surface area (Å²) in [6.07, 6.45) is -1.30. The third kappa shape index (κ3) is 5.19. The Bertz CT molecular complexity index is 1340. The van der Waals surface area contributed by atoms with Crippen molar-refractivity contribution in [2.45, 2.75) is 13.0 Å². The minimum absolute atomic E-state index is 0.0242. The lowest BCUT2D eigenvalue weighted by Crippen LogP contribution is -2.30. The van der Waals surface area contributed by atoms with E-state index in [1.807, 2.05) is 48.5 Å². The van der Waals surface area contributed by atoms with E-state index in [1.54, 1.807) is 12.1 Å². The Hall–Kier alpha value is -4.93. The summed E-state index contributed by atoms with van der Waals surface area (Å²) in [4.78, 5) is 39.5. The number of rotatable bonds is 7. The van der Waals surface area contributed by atoms with Crippen molar-refractivity contribution in [3.8, 4) is 17.1 Å². The molecule has 0 aliphatic rings. The number of halogens is 1. The molecular formula is C24H18FN5O5. The number of hydrogen-bond donors (Lipinski definition) is 1. The second-order valence-electron chi connectivity index (χ2n) is 7.33. The maximum atomic E-state index is 13.5. The first-order valence-electron chi connectivity index (χ1n) is 10.4. The van der Waals surface area contributed by atoms with E-state index in [4.69, 9.17) is 4.74 Å². The lowest BCUT2D eigenvalue weighted by Gasteiger charge is -2.12. The second-order valence-corrected chi connectivity index (χ2v) is 7.33. The highest BCUT2D eigenvalue weighted by Gasteiger charge is 2.25. The summed E-state index contributed by atoms with van der Waals surface area (Å²) < 4.78 is 20.2. The highest BCUT2D eigenvalue weighted by molar-refractivity contribution is 5.96. The van der Waals surface area contributed by atoms with Gasteiger partial charge in [0.1, 0.15) is 0 Å². The Balaban J connectivity index is 1.54. The van der Waals surface area contributed by atoms with Crippen LogP contribution >= 0.6 is 0 Å². The number of para-hydroxylation sites is 1. The van der Waals surface area contributed by atoms with Gasteiger partial charge in [0.2, 0.25) is 5.82 Å². The van der Waals surface area contributed by atoms with Gasteiger partial charge in [0.25, 0.3) is 11.7 Å². The maximum Gasteiger partial charge on any atom is 0.379 e. The molecule has 4 rings (SSSR count). The molecule has 0 spiro atoms. The lowest BCUT2D eigenvalue weighted by atomic mass is 10.2. The van der Waals surface area contributed by atoms with Crippen molar-refractivity contribution in [3.05, 3.63) is 101 Å². The van der Waals surface area contributed by atoms with Gasteiger partial charge in [-0.2, -0.15) is 4.39 Å². The fraction of sp³-hybridized carbons (Fsp3) is 0.0833. The lowest BCUT2D eigenvalue weighted by molar-refractivity contribution is -0.387. The Morgan fingerprint density at radius 1 is 1.06 bits per heavy atom. The number of amides is 1. The number of ether oxygens (including phenoxy) is 1. The Labute approximate surface area is 198 Å². The Kier molecular flexibility index (Phi) is 6.58. The number of nitro groups is 1. The van der Waals surface area contributed by atoms with Gasteiger partial charge in [-0.05, 0) is 31.2 Å². The predicted octanol–water partition coefficient (Wildman–Crippen LogP) is 4.17. The van der Waals surface area contributed by atoms with E-state index in [0.29, 0.717) is 17.1 Å². The van der Waals surface area contributed by atoms with Crippen molar-refractivity contribution in [3.63, 3.8) is 0 Å². The summed E-state index contributed by atoms with van der Waals surface area (Å²) in [5.41, 5.74) is 0.564. The summed E-state index contributed by atoms with van der Waals surface area (Å²) in [6.45, 7) is 1.32. The number of nitro benzene ring substituents is 1. The normalized spacial score (nSPS) is 11.5. The van der Waals surface area contributed by atoms with Gasteiger partial charge in [0.05, 0.1) is 10.6 Å². The SMILES string of the molecule is CC(OC(=O)c1nc(-c2ccccc2)n(-c2ccccc2)n1)C(=O)Nc1ccc(F)c([N+](=O)[O-])c1. The molecule has 35 heavy (non-hydrogen) atoms. The molecule has 11 heteroatoms. The number of carbonyl (C=O) groups is 2. The van der Waals surface area contributed by atoms with Crippen molar-refractivity contribution in [2.24, 2.45) is 0 Å². The molecule has 0 aliphatic carbocycles. The van der Waals surface area contributed by atoms with Crippen LogP contribution < -0.4 is 5.32 Å². The first kappa shape index (κ1) is 23.2. The molecule has 0 aliphatic heterocycles. The van der Waals surface area contributed by atoms with Crippen molar-refractivity contribution in [1.82, 2.24) is 14.8 Å². The van der Waals surface area contributed by atoms with E-state index in [9.17, 15) is 24.1 Å². The molecule has 1 unspecified atom stereocenters. The smallest absolute Gasteiger partial charge is 0.379 e. The van der Waals surface area contributed by atoms with Crippen LogP contribution in [0.5, 0.6) is 0 Å². The van der Waals surface area contributed by atoms with Gasteiger partial charge < -0.3 is 10.1 Å². The highest BCUT2D eigenvalue weighted by atomic mass is 19.1. The van der Waals surface area contributed by atoms with Gasteiger partial charge in [-0.3, -0.25) is 14.9 Å². The minimum atomic E-state index is -1.30. The van der Waals surface area contributed by atoms with Gasteiger partial charge in [-0.25, -0.2) is 14.5 Å². The van der Waals surface area contributed by atoms with E-state index in [2.05, 4.69) is 15.4 Å². The zero-order valence-corrected chi connectivity index (χ0v) is 18.3. The molecular weight excluding hydrogens is 457 g/mol. The molecule has 1 N–H and O–H groups in total. The van der Waals surface area contributed by atoms with E-state index < -0.39 is 34.4 Å². The number of carbonyl (C=O) groups excluding carboxylic acids is 2. The first-order chi connectivity index (χ1) is 16.8.